The highest BCUT2D eigenvalue weighted by Gasteiger charge is 2.44. The smallest absolute Gasteiger partial charge is 0.264 e. The van der Waals surface area contributed by atoms with E-state index < -0.39 is 38.2 Å². The van der Waals surface area contributed by atoms with Crippen LogP contribution in [0.3, 0.4) is 0 Å². The molecule has 0 saturated carbocycles. The van der Waals surface area contributed by atoms with Crippen molar-refractivity contribution in [3.63, 3.8) is 0 Å². The number of carbonyl (C=O) groups excluding carboxylic acids is 1. The number of nitrogens with one attached hydrogen (secondary N) is 1. The summed E-state index contributed by atoms with van der Waals surface area (Å²) in [5.41, 5.74) is 2.58. The average Bonchev–Trinajstić information content (AvgIpc) is 2.91. The number of halogens is 1. The number of carbonyl (C=O) groups is 1. The number of pyridine rings is 1. The van der Waals surface area contributed by atoms with Crippen molar-refractivity contribution in [2.45, 2.75) is 50.2 Å². The molecular weight excluding hydrogens is 519 g/mol. The van der Waals surface area contributed by atoms with Gasteiger partial charge in [0.05, 0.1) is 24.3 Å². The summed E-state index contributed by atoms with van der Waals surface area (Å²) in [6.07, 6.45) is 5.04. The number of aryl methyl sites for hydroxylation is 1. The van der Waals surface area contributed by atoms with Crippen LogP contribution in [0.5, 0.6) is 5.88 Å². The first-order valence-corrected chi connectivity index (χ1v) is 13.9. The van der Waals surface area contributed by atoms with Gasteiger partial charge in [-0.25, -0.2) is 33.1 Å². The largest absolute Gasteiger partial charge is 0.481 e. The second-order valence-corrected chi connectivity index (χ2v) is 11.7. The van der Waals surface area contributed by atoms with Crippen LogP contribution < -0.4 is 15.8 Å². The Balaban J connectivity index is 1.56. The minimum atomic E-state index is -3.93. The van der Waals surface area contributed by atoms with Crippen LogP contribution in [-0.4, -0.2) is 59.9 Å². The molecule has 1 N–H and O–H groups in total. The van der Waals surface area contributed by atoms with Gasteiger partial charge in [-0.15, -0.1) is 0 Å². The second-order valence-electron chi connectivity index (χ2n) is 9.28. The van der Waals surface area contributed by atoms with Gasteiger partial charge in [0.2, 0.25) is 5.88 Å². The summed E-state index contributed by atoms with van der Waals surface area (Å²) in [5.74, 6) is -1.15. The standard InChI is InChI=1S/C25H29FN4O7S/c1-25(38(3,33)34,24(32)29-37-22-6-4-5-11-36-22)9-10-30-15-28-20-13-17(19(26)12-18(20)23(30)31)16-7-8-21(35-2)27-14-16/h7-8,12-15,22H,4-6,9-11H2,1-3H3,(H,29,32)/t22?,25-/m1/s1. The number of ether oxygens (including phenoxy) is 2. The normalized spacial score (nSPS) is 17.6. The number of aromatic nitrogens is 3. The summed E-state index contributed by atoms with van der Waals surface area (Å²) in [6, 6.07) is 5.75. The molecule has 0 aliphatic carbocycles. The number of amides is 1. The van der Waals surface area contributed by atoms with E-state index in [1.54, 1.807) is 12.1 Å². The van der Waals surface area contributed by atoms with Crippen LogP contribution in [0.2, 0.25) is 0 Å². The van der Waals surface area contributed by atoms with E-state index >= 15 is 0 Å². The SMILES string of the molecule is COc1ccc(-c2cc3ncn(CC[C@](C)(C(=O)NOC4CCCCO4)S(C)(=O)=O)c(=O)c3cc2F)cn1. The number of rotatable bonds is 9. The molecular formula is C25H29FN4O7S. The first-order valence-electron chi connectivity index (χ1n) is 12.0. The van der Waals surface area contributed by atoms with Gasteiger partial charge < -0.3 is 9.47 Å². The predicted octanol–water partition coefficient (Wildman–Crippen LogP) is 2.37. The summed E-state index contributed by atoms with van der Waals surface area (Å²) in [4.78, 5) is 39.6. The lowest BCUT2D eigenvalue weighted by molar-refractivity contribution is -0.201. The molecule has 1 aliphatic heterocycles. The molecule has 1 fully saturated rings. The first-order chi connectivity index (χ1) is 18.0. The van der Waals surface area contributed by atoms with Gasteiger partial charge in [-0.2, -0.15) is 0 Å². The van der Waals surface area contributed by atoms with Crippen LogP contribution in [-0.2, 0) is 30.8 Å². The van der Waals surface area contributed by atoms with Gasteiger partial charge in [-0.05, 0) is 44.4 Å². The van der Waals surface area contributed by atoms with Crippen molar-refractivity contribution in [2.24, 2.45) is 0 Å². The van der Waals surface area contributed by atoms with Gasteiger partial charge in [0.15, 0.2) is 20.9 Å². The maximum Gasteiger partial charge on any atom is 0.264 e. The van der Waals surface area contributed by atoms with Gasteiger partial charge in [0, 0.05) is 49.2 Å². The number of nitrogens with zero attached hydrogens (tertiary/aromatic N) is 3. The van der Waals surface area contributed by atoms with Crippen LogP contribution >= 0.6 is 0 Å². The van der Waals surface area contributed by atoms with Gasteiger partial charge >= 0.3 is 0 Å². The number of methoxy groups -OCH3 is 1. The number of hydroxylamine groups is 1. The maximum atomic E-state index is 15.0. The molecule has 0 bridgehead atoms. The monoisotopic (exact) mass is 548 g/mol. The molecule has 1 unspecified atom stereocenters. The Hall–Kier alpha value is -3.42. The zero-order valence-electron chi connectivity index (χ0n) is 21.3. The van der Waals surface area contributed by atoms with Gasteiger partial charge in [0.1, 0.15) is 5.82 Å². The topological polar surface area (TPSA) is 139 Å². The summed E-state index contributed by atoms with van der Waals surface area (Å²) >= 11 is 0. The molecule has 0 spiro atoms. The van der Waals surface area contributed by atoms with E-state index in [0.717, 1.165) is 29.7 Å². The second kappa shape index (κ2) is 11.1. The highest BCUT2D eigenvalue weighted by Crippen LogP contribution is 2.27. The number of hydrogen-bond acceptors (Lipinski definition) is 9. The van der Waals surface area contributed by atoms with Crippen LogP contribution in [0.25, 0.3) is 22.0 Å². The average molecular weight is 549 g/mol. The molecule has 1 aliphatic rings. The van der Waals surface area contributed by atoms with Crippen molar-refractivity contribution in [3.8, 4) is 17.0 Å². The molecule has 0 radical (unpaired) electrons. The lowest BCUT2D eigenvalue weighted by atomic mass is 10.0. The molecule has 2 aromatic heterocycles. The first kappa shape index (κ1) is 27.6. The number of hydrogen-bond donors (Lipinski definition) is 1. The molecule has 204 valence electrons. The molecule has 1 aromatic carbocycles. The minimum absolute atomic E-state index is 0.0125. The third kappa shape index (κ3) is 5.69. The fourth-order valence-corrected chi connectivity index (χ4v) is 4.89. The van der Waals surface area contributed by atoms with Crippen molar-refractivity contribution in [1.82, 2.24) is 20.0 Å². The molecule has 13 heteroatoms. The fraction of sp³-hybridized carbons (Fsp3) is 0.440. The van der Waals surface area contributed by atoms with E-state index in [1.807, 2.05) is 0 Å². The molecule has 3 aromatic rings. The van der Waals surface area contributed by atoms with E-state index in [9.17, 15) is 22.4 Å². The minimum Gasteiger partial charge on any atom is -0.481 e. The Morgan fingerprint density at radius 1 is 1.29 bits per heavy atom. The van der Waals surface area contributed by atoms with Crippen LogP contribution in [0, 0.1) is 5.82 Å². The van der Waals surface area contributed by atoms with E-state index in [0.29, 0.717) is 24.5 Å². The molecule has 1 saturated heterocycles. The van der Waals surface area contributed by atoms with Gasteiger partial charge in [-0.1, -0.05) is 0 Å². The molecule has 1 amide bonds. The highest BCUT2D eigenvalue weighted by atomic mass is 32.2. The Morgan fingerprint density at radius 3 is 2.71 bits per heavy atom. The lowest BCUT2D eigenvalue weighted by Crippen LogP contribution is -2.51. The number of benzene rings is 1. The van der Waals surface area contributed by atoms with Crippen molar-refractivity contribution in [2.75, 3.05) is 20.0 Å². The van der Waals surface area contributed by atoms with Gasteiger partial charge in [-0.3, -0.25) is 14.2 Å². The van der Waals surface area contributed by atoms with Crippen molar-refractivity contribution in [3.05, 3.63) is 53.0 Å². The Morgan fingerprint density at radius 2 is 2.08 bits per heavy atom. The summed E-state index contributed by atoms with van der Waals surface area (Å²) in [5, 5.41) is 0.0125. The Bertz CT molecular complexity index is 1490. The van der Waals surface area contributed by atoms with E-state index in [4.69, 9.17) is 14.3 Å². The van der Waals surface area contributed by atoms with Crippen molar-refractivity contribution >= 4 is 26.6 Å². The molecule has 3 heterocycles. The van der Waals surface area contributed by atoms with E-state index in [1.165, 1.54) is 32.6 Å². The van der Waals surface area contributed by atoms with Gasteiger partial charge in [0.25, 0.3) is 11.5 Å². The van der Waals surface area contributed by atoms with Crippen LogP contribution in [0.4, 0.5) is 4.39 Å². The van der Waals surface area contributed by atoms with Crippen molar-refractivity contribution in [1.29, 1.82) is 0 Å². The fourth-order valence-electron chi connectivity index (χ4n) is 4.05. The Kier molecular flexibility index (Phi) is 8.09. The highest BCUT2D eigenvalue weighted by molar-refractivity contribution is 7.92. The summed E-state index contributed by atoms with van der Waals surface area (Å²) < 4.78 is 49.9. The molecule has 4 rings (SSSR count). The predicted molar refractivity (Wildman–Crippen MR) is 136 cm³/mol. The quantitative estimate of drug-likeness (QED) is 0.399. The third-order valence-electron chi connectivity index (χ3n) is 6.72. The van der Waals surface area contributed by atoms with Crippen LogP contribution in [0.1, 0.15) is 32.6 Å². The molecule has 38 heavy (non-hydrogen) atoms. The lowest BCUT2D eigenvalue weighted by Gasteiger charge is -2.28. The zero-order chi connectivity index (χ0) is 27.5. The van der Waals surface area contributed by atoms with E-state index in [-0.39, 0.29) is 29.4 Å². The zero-order valence-corrected chi connectivity index (χ0v) is 22.1. The third-order valence-corrected chi connectivity index (χ3v) is 8.75. The maximum absolute atomic E-state index is 15.0. The number of sulfone groups is 1. The molecule has 2 atom stereocenters. The molecule has 11 nitrogen and oxygen atoms in total. The number of fused-ring (bicyclic) bond motifs is 1. The Labute approximate surface area is 218 Å². The summed E-state index contributed by atoms with van der Waals surface area (Å²) in [7, 11) is -2.46. The van der Waals surface area contributed by atoms with E-state index in [2.05, 4.69) is 15.4 Å². The summed E-state index contributed by atoms with van der Waals surface area (Å²) in [6.45, 7) is 1.59. The van der Waals surface area contributed by atoms with Crippen LogP contribution in [0.15, 0.2) is 41.6 Å². The van der Waals surface area contributed by atoms with Crippen molar-refractivity contribution < 1.29 is 31.9 Å².